The summed E-state index contributed by atoms with van der Waals surface area (Å²) < 4.78 is 0. The van der Waals surface area contributed by atoms with Crippen LogP contribution in [0.15, 0.2) is 24.5 Å². The molecular weight excluding hydrogens is 238 g/mol. The van der Waals surface area contributed by atoms with E-state index in [0.717, 1.165) is 29.7 Å². The van der Waals surface area contributed by atoms with E-state index in [1.807, 2.05) is 30.0 Å². The number of fused-ring (bicyclic) bond motifs is 1. The molecule has 3 rings (SSSR count). The smallest absolute Gasteiger partial charge is 0.253 e. The largest absolute Gasteiger partial charge is 0.345 e. The minimum atomic E-state index is 0.130. The fourth-order valence-electron chi connectivity index (χ4n) is 2.59. The van der Waals surface area contributed by atoms with Crippen molar-refractivity contribution >= 4 is 16.9 Å². The minimum absolute atomic E-state index is 0.130. The zero-order valence-electron chi connectivity index (χ0n) is 11.2. The highest BCUT2D eigenvalue weighted by molar-refractivity contribution is 5.97. The zero-order chi connectivity index (χ0) is 13.2. The molecule has 1 amide bonds. The molecule has 0 atom stereocenters. The van der Waals surface area contributed by atoms with Crippen molar-refractivity contribution in [1.82, 2.24) is 14.9 Å². The van der Waals surface area contributed by atoms with Crippen LogP contribution in [-0.4, -0.2) is 33.9 Å². The summed E-state index contributed by atoms with van der Waals surface area (Å²) in [5.74, 6) is 0.839. The van der Waals surface area contributed by atoms with Gasteiger partial charge >= 0.3 is 0 Å². The molecule has 100 valence electrons. The molecule has 2 aromatic rings. The van der Waals surface area contributed by atoms with Crippen LogP contribution < -0.4 is 0 Å². The van der Waals surface area contributed by atoms with E-state index in [1.165, 1.54) is 19.3 Å². The van der Waals surface area contributed by atoms with E-state index < -0.39 is 0 Å². The summed E-state index contributed by atoms with van der Waals surface area (Å²) in [4.78, 5) is 21.7. The Hall–Kier alpha value is -1.84. The third-order valence-corrected chi connectivity index (χ3v) is 4.04. The quantitative estimate of drug-likeness (QED) is 0.915. The van der Waals surface area contributed by atoms with E-state index in [1.54, 1.807) is 6.33 Å². The first-order chi connectivity index (χ1) is 9.28. The topological polar surface area (TPSA) is 49.0 Å². The lowest BCUT2D eigenvalue weighted by molar-refractivity contribution is 0.0706. The monoisotopic (exact) mass is 257 g/mol. The molecule has 1 saturated carbocycles. The molecule has 1 aliphatic rings. The molecule has 0 bridgehead atoms. The first-order valence-electron chi connectivity index (χ1n) is 7.00. The summed E-state index contributed by atoms with van der Waals surface area (Å²) >= 11 is 0. The van der Waals surface area contributed by atoms with E-state index in [4.69, 9.17) is 0 Å². The van der Waals surface area contributed by atoms with Crippen molar-refractivity contribution in [2.45, 2.75) is 26.2 Å². The SMILES string of the molecule is CCN(CC1CCC1)C(=O)c1ccc2nc[nH]c2c1. The summed E-state index contributed by atoms with van der Waals surface area (Å²) in [5.41, 5.74) is 2.57. The van der Waals surface area contributed by atoms with Crippen LogP contribution in [0.25, 0.3) is 11.0 Å². The van der Waals surface area contributed by atoms with Crippen molar-refractivity contribution in [1.29, 1.82) is 0 Å². The number of aromatic amines is 1. The first kappa shape index (κ1) is 12.2. The number of nitrogens with one attached hydrogen (secondary N) is 1. The number of amides is 1. The van der Waals surface area contributed by atoms with Crippen molar-refractivity contribution < 1.29 is 4.79 Å². The third-order valence-electron chi connectivity index (χ3n) is 4.04. The average Bonchev–Trinajstić information content (AvgIpc) is 2.84. The van der Waals surface area contributed by atoms with Crippen molar-refractivity contribution in [3.8, 4) is 0 Å². The number of benzene rings is 1. The number of H-pyrrole nitrogens is 1. The number of hydrogen-bond acceptors (Lipinski definition) is 2. The number of hydrogen-bond donors (Lipinski definition) is 1. The molecule has 0 aliphatic heterocycles. The molecule has 4 heteroatoms. The highest BCUT2D eigenvalue weighted by Gasteiger charge is 2.23. The summed E-state index contributed by atoms with van der Waals surface area (Å²) in [6, 6.07) is 5.67. The van der Waals surface area contributed by atoms with Gasteiger partial charge in [0.25, 0.3) is 5.91 Å². The molecule has 1 heterocycles. The normalized spacial score (nSPS) is 15.4. The van der Waals surface area contributed by atoms with Crippen LogP contribution in [0.4, 0.5) is 0 Å². The second kappa shape index (κ2) is 5.03. The van der Waals surface area contributed by atoms with E-state index in [0.29, 0.717) is 5.92 Å². The zero-order valence-corrected chi connectivity index (χ0v) is 11.2. The number of carbonyl (C=O) groups excluding carboxylic acids is 1. The van der Waals surface area contributed by atoms with Crippen LogP contribution in [0.3, 0.4) is 0 Å². The molecular formula is C15H19N3O. The highest BCUT2D eigenvalue weighted by Crippen LogP contribution is 2.27. The fraction of sp³-hybridized carbons (Fsp3) is 0.467. The Kier molecular flexibility index (Phi) is 3.23. The van der Waals surface area contributed by atoms with Gasteiger partial charge in [0.05, 0.1) is 17.4 Å². The molecule has 0 radical (unpaired) electrons. The van der Waals surface area contributed by atoms with Gasteiger partial charge in [-0.2, -0.15) is 0 Å². The van der Waals surface area contributed by atoms with Gasteiger partial charge in [0.15, 0.2) is 0 Å². The summed E-state index contributed by atoms with van der Waals surface area (Å²) in [7, 11) is 0. The van der Waals surface area contributed by atoms with Crippen molar-refractivity contribution in [3.63, 3.8) is 0 Å². The molecule has 1 aliphatic carbocycles. The lowest BCUT2D eigenvalue weighted by Crippen LogP contribution is -2.37. The fourth-order valence-corrected chi connectivity index (χ4v) is 2.59. The molecule has 1 fully saturated rings. The Labute approximate surface area is 112 Å². The first-order valence-corrected chi connectivity index (χ1v) is 7.00. The second-order valence-electron chi connectivity index (χ2n) is 5.28. The number of nitrogens with zero attached hydrogens (tertiary/aromatic N) is 2. The van der Waals surface area contributed by atoms with Crippen LogP contribution in [0, 0.1) is 5.92 Å². The molecule has 0 saturated heterocycles. The predicted octanol–water partition coefficient (Wildman–Crippen LogP) is 2.83. The van der Waals surface area contributed by atoms with Crippen LogP contribution in [-0.2, 0) is 0 Å². The molecule has 1 aromatic heterocycles. The number of imidazole rings is 1. The summed E-state index contributed by atoms with van der Waals surface area (Å²) in [5, 5.41) is 0. The molecule has 1 N–H and O–H groups in total. The number of rotatable bonds is 4. The predicted molar refractivity (Wildman–Crippen MR) is 75.0 cm³/mol. The van der Waals surface area contributed by atoms with E-state index in [-0.39, 0.29) is 5.91 Å². The number of carbonyl (C=O) groups is 1. The maximum Gasteiger partial charge on any atom is 0.253 e. The van der Waals surface area contributed by atoms with Crippen LogP contribution in [0.5, 0.6) is 0 Å². The van der Waals surface area contributed by atoms with Gasteiger partial charge in [-0.05, 0) is 43.9 Å². The summed E-state index contributed by atoms with van der Waals surface area (Å²) in [6.07, 6.45) is 5.51. The van der Waals surface area contributed by atoms with Crippen molar-refractivity contribution in [3.05, 3.63) is 30.1 Å². The van der Waals surface area contributed by atoms with Crippen molar-refractivity contribution in [2.75, 3.05) is 13.1 Å². The van der Waals surface area contributed by atoms with Crippen molar-refractivity contribution in [2.24, 2.45) is 5.92 Å². The molecule has 1 aromatic carbocycles. The van der Waals surface area contributed by atoms with Gasteiger partial charge in [0.2, 0.25) is 0 Å². The van der Waals surface area contributed by atoms with Gasteiger partial charge in [0.1, 0.15) is 0 Å². The Morgan fingerprint density at radius 1 is 1.47 bits per heavy atom. The average molecular weight is 257 g/mol. The number of aromatic nitrogens is 2. The Morgan fingerprint density at radius 2 is 2.32 bits per heavy atom. The van der Waals surface area contributed by atoms with E-state index in [2.05, 4.69) is 9.97 Å². The maximum atomic E-state index is 12.5. The van der Waals surface area contributed by atoms with Gasteiger partial charge in [0, 0.05) is 18.7 Å². The Balaban J connectivity index is 1.79. The van der Waals surface area contributed by atoms with Gasteiger partial charge in [-0.3, -0.25) is 4.79 Å². The Bertz CT molecular complexity index is 586. The van der Waals surface area contributed by atoms with E-state index in [9.17, 15) is 4.79 Å². The van der Waals surface area contributed by atoms with Gasteiger partial charge in [-0.1, -0.05) is 6.42 Å². The maximum absolute atomic E-state index is 12.5. The molecule has 0 unspecified atom stereocenters. The molecule has 4 nitrogen and oxygen atoms in total. The van der Waals surface area contributed by atoms with Gasteiger partial charge in [-0.15, -0.1) is 0 Å². The second-order valence-corrected chi connectivity index (χ2v) is 5.28. The van der Waals surface area contributed by atoms with Gasteiger partial charge < -0.3 is 9.88 Å². The third kappa shape index (κ3) is 2.35. The van der Waals surface area contributed by atoms with Crippen LogP contribution in [0.2, 0.25) is 0 Å². The standard InChI is InChI=1S/C15H19N3O/c1-2-18(9-11-4-3-5-11)15(19)12-6-7-13-14(8-12)17-10-16-13/h6-8,10-11H,2-5,9H2,1H3,(H,16,17). The van der Waals surface area contributed by atoms with Crippen LogP contribution in [0.1, 0.15) is 36.5 Å². The highest BCUT2D eigenvalue weighted by atomic mass is 16.2. The Morgan fingerprint density at radius 3 is 3.00 bits per heavy atom. The molecule has 0 spiro atoms. The minimum Gasteiger partial charge on any atom is -0.345 e. The lowest BCUT2D eigenvalue weighted by atomic mass is 9.85. The van der Waals surface area contributed by atoms with Gasteiger partial charge in [-0.25, -0.2) is 4.98 Å². The lowest BCUT2D eigenvalue weighted by Gasteiger charge is -2.31. The molecule has 19 heavy (non-hydrogen) atoms. The summed E-state index contributed by atoms with van der Waals surface area (Å²) in [6.45, 7) is 3.72. The van der Waals surface area contributed by atoms with E-state index >= 15 is 0 Å². The van der Waals surface area contributed by atoms with Crippen LogP contribution >= 0.6 is 0 Å².